The topological polar surface area (TPSA) is 108 Å². The van der Waals surface area contributed by atoms with E-state index in [0.29, 0.717) is 41.1 Å². The average molecular weight is 480 g/mol. The number of nitrogens with one attached hydrogen (secondary N) is 2. The average Bonchev–Trinajstić information content (AvgIpc) is 3.36. The van der Waals surface area contributed by atoms with Crippen LogP contribution in [0.2, 0.25) is 0 Å². The van der Waals surface area contributed by atoms with E-state index >= 15 is 0 Å². The van der Waals surface area contributed by atoms with Crippen LogP contribution in [0.15, 0.2) is 36.4 Å². The zero-order valence-electron chi connectivity index (χ0n) is 19.2. The molecule has 2 aromatic rings. The Morgan fingerprint density at radius 2 is 2.06 bits per heavy atom. The maximum Gasteiger partial charge on any atom is 0.326 e. The maximum absolute atomic E-state index is 14.4. The van der Waals surface area contributed by atoms with Crippen LogP contribution in [0.3, 0.4) is 0 Å². The molecule has 9 nitrogen and oxygen atoms in total. The summed E-state index contributed by atoms with van der Waals surface area (Å²) in [6.07, 6.45) is 0.813. The number of hydrogen-bond acceptors (Lipinski definition) is 5. The van der Waals surface area contributed by atoms with Gasteiger partial charge in [-0.05, 0) is 49.2 Å². The zero-order valence-corrected chi connectivity index (χ0v) is 19.2. The number of rotatable bonds is 5. The van der Waals surface area contributed by atoms with Crippen LogP contribution in [0.25, 0.3) is 0 Å². The molecule has 0 saturated carbocycles. The first kappa shape index (κ1) is 23.0. The largest absolute Gasteiger partial charge is 0.380 e. The molecule has 3 aliphatic rings. The highest BCUT2D eigenvalue weighted by Crippen LogP contribution is 2.35. The lowest BCUT2D eigenvalue weighted by atomic mass is 10.0. The van der Waals surface area contributed by atoms with Crippen molar-refractivity contribution in [2.75, 3.05) is 23.4 Å². The number of amides is 5. The lowest BCUT2D eigenvalue weighted by Crippen LogP contribution is -2.52. The lowest BCUT2D eigenvalue weighted by Gasteiger charge is -2.29. The summed E-state index contributed by atoms with van der Waals surface area (Å²) in [5.41, 5.74) is 2.60. The molecule has 0 spiro atoms. The van der Waals surface area contributed by atoms with Crippen molar-refractivity contribution in [3.05, 3.63) is 58.9 Å². The number of halogens is 1. The first-order valence-corrected chi connectivity index (χ1v) is 11.6. The molecule has 2 N–H and O–H groups in total. The van der Waals surface area contributed by atoms with Crippen LogP contribution < -0.4 is 15.5 Å². The molecule has 2 atom stereocenters. The predicted octanol–water partition coefficient (Wildman–Crippen LogP) is 2.59. The van der Waals surface area contributed by atoms with Gasteiger partial charge in [-0.2, -0.15) is 0 Å². The molecule has 10 heteroatoms. The van der Waals surface area contributed by atoms with Gasteiger partial charge in [-0.1, -0.05) is 6.07 Å². The normalized spacial score (nSPS) is 21.1. The number of piperidine rings is 1. The van der Waals surface area contributed by atoms with Crippen LogP contribution in [-0.2, 0) is 27.3 Å². The Balaban J connectivity index is 1.34. The Morgan fingerprint density at radius 1 is 1.23 bits per heavy atom. The number of hydrogen-bond donors (Lipinski definition) is 2. The van der Waals surface area contributed by atoms with Crippen LogP contribution in [-0.4, -0.2) is 54.0 Å². The summed E-state index contributed by atoms with van der Waals surface area (Å²) in [6.45, 7) is 2.82. The van der Waals surface area contributed by atoms with Crippen LogP contribution in [0.4, 0.5) is 20.6 Å². The van der Waals surface area contributed by atoms with E-state index in [0.717, 1.165) is 0 Å². The van der Waals surface area contributed by atoms with E-state index in [1.165, 1.54) is 15.9 Å². The molecule has 3 aliphatic heterocycles. The van der Waals surface area contributed by atoms with Crippen molar-refractivity contribution >= 4 is 35.1 Å². The number of ether oxygens (including phenoxy) is 1. The second-order valence-electron chi connectivity index (χ2n) is 8.83. The van der Waals surface area contributed by atoms with Crippen molar-refractivity contribution in [3.63, 3.8) is 0 Å². The van der Waals surface area contributed by atoms with Gasteiger partial charge in [0.05, 0.1) is 18.3 Å². The van der Waals surface area contributed by atoms with Crippen molar-refractivity contribution in [1.29, 1.82) is 0 Å². The van der Waals surface area contributed by atoms with Gasteiger partial charge in [0, 0.05) is 42.8 Å². The van der Waals surface area contributed by atoms with Crippen LogP contribution in [0, 0.1) is 5.82 Å². The third kappa shape index (κ3) is 4.14. The summed E-state index contributed by atoms with van der Waals surface area (Å²) >= 11 is 0. The fourth-order valence-corrected chi connectivity index (χ4v) is 5.00. The third-order valence-corrected chi connectivity index (χ3v) is 6.67. The number of nitrogens with zero attached hydrogens (tertiary/aromatic N) is 2. The van der Waals surface area contributed by atoms with Crippen molar-refractivity contribution in [3.8, 4) is 0 Å². The van der Waals surface area contributed by atoms with Crippen molar-refractivity contribution in [2.45, 2.75) is 44.8 Å². The van der Waals surface area contributed by atoms with Crippen LogP contribution >= 0.6 is 0 Å². The molecule has 3 heterocycles. The molecule has 35 heavy (non-hydrogen) atoms. The number of fused-ring (bicyclic) bond motifs is 2. The SMILES string of the molecule is CCOCC1Cc2c(F)cccc2N1C(=O)Nc1ccc2c(c1)CN(C1CCC(=O)NC1=O)C2=O. The first-order chi connectivity index (χ1) is 16.9. The summed E-state index contributed by atoms with van der Waals surface area (Å²) in [7, 11) is 0. The molecular formula is C25H25FN4O5. The predicted molar refractivity (Wildman–Crippen MR) is 124 cm³/mol. The summed E-state index contributed by atoms with van der Waals surface area (Å²) < 4.78 is 19.9. The number of carbonyl (C=O) groups excluding carboxylic acids is 4. The fraction of sp³-hybridized carbons (Fsp3) is 0.360. The van der Waals surface area contributed by atoms with E-state index in [-0.39, 0.29) is 49.7 Å². The lowest BCUT2D eigenvalue weighted by molar-refractivity contribution is -0.136. The number of urea groups is 1. The molecule has 5 rings (SSSR count). The number of benzene rings is 2. The molecule has 0 aliphatic carbocycles. The molecule has 1 fully saturated rings. The van der Waals surface area contributed by atoms with E-state index in [9.17, 15) is 23.6 Å². The Morgan fingerprint density at radius 3 is 2.83 bits per heavy atom. The van der Waals surface area contributed by atoms with Gasteiger partial charge in [-0.3, -0.25) is 24.6 Å². The molecule has 0 aromatic heterocycles. The number of imide groups is 1. The van der Waals surface area contributed by atoms with Gasteiger partial charge in [0.15, 0.2) is 0 Å². The summed E-state index contributed by atoms with van der Waals surface area (Å²) in [5.74, 6) is -1.46. The molecule has 0 radical (unpaired) electrons. The van der Waals surface area contributed by atoms with E-state index in [2.05, 4.69) is 10.6 Å². The van der Waals surface area contributed by atoms with Crippen LogP contribution in [0.1, 0.15) is 41.3 Å². The van der Waals surface area contributed by atoms with Crippen molar-refractivity contribution in [1.82, 2.24) is 10.2 Å². The van der Waals surface area contributed by atoms with Crippen LogP contribution in [0.5, 0.6) is 0 Å². The van der Waals surface area contributed by atoms with Gasteiger partial charge >= 0.3 is 6.03 Å². The van der Waals surface area contributed by atoms with Gasteiger partial charge in [-0.15, -0.1) is 0 Å². The zero-order chi connectivity index (χ0) is 24.7. The van der Waals surface area contributed by atoms with Gasteiger partial charge < -0.3 is 15.0 Å². The van der Waals surface area contributed by atoms with E-state index in [1.807, 2.05) is 6.92 Å². The summed E-state index contributed by atoms with van der Waals surface area (Å²) in [4.78, 5) is 52.9. The highest BCUT2D eigenvalue weighted by molar-refractivity contribution is 6.07. The molecule has 2 unspecified atom stereocenters. The van der Waals surface area contributed by atoms with Gasteiger partial charge in [0.1, 0.15) is 11.9 Å². The molecule has 182 valence electrons. The second kappa shape index (κ2) is 9.10. The molecular weight excluding hydrogens is 455 g/mol. The maximum atomic E-state index is 14.4. The Labute approximate surface area is 201 Å². The number of anilines is 2. The highest BCUT2D eigenvalue weighted by atomic mass is 19.1. The fourth-order valence-electron chi connectivity index (χ4n) is 5.00. The van der Waals surface area contributed by atoms with Crippen molar-refractivity contribution in [2.24, 2.45) is 0 Å². The minimum atomic E-state index is -0.707. The quantitative estimate of drug-likeness (QED) is 0.640. The monoisotopic (exact) mass is 480 g/mol. The van der Waals surface area contributed by atoms with Gasteiger partial charge in [0.2, 0.25) is 11.8 Å². The van der Waals surface area contributed by atoms with E-state index < -0.39 is 18.0 Å². The Kier molecular flexibility index (Phi) is 5.98. The highest BCUT2D eigenvalue weighted by Gasteiger charge is 2.39. The second-order valence-corrected chi connectivity index (χ2v) is 8.83. The summed E-state index contributed by atoms with van der Waals surface area (Å²) in [6, 6.07) is 8.13. The third-order valence-electron chi connectivity index (χ3n) is 6.67. The minimum Gasteiger partial charge on any atom is -0.380 e. The minimum absolute atomic E-state index is 0.179. The van der Waals surface area contributed by atoms with Crippen molar-refractivity contribution < 1.29 is 28.3 Å². The van der Waals surface area contributed by atoms with Gasteiger partial charge in [-0.25, -0.2) is 9.18 Å². The molecule has 5 amide bonds. The molecule has 1 saturated heterocycles. The Hall–Kier alpha value is -3.79. The molecule has 2 aromatic carbocycles. The summed E-state index contributed by atoms with van der Waals surface area (Å²) in [5, 5.41) is 5.14. The Bertz CT molecular complexity index is 1230. The standard InChI is InChI=1S/C25H25FN4O5/c1-2-35-13-16-11-18-19(26)4-3-5-20(18)30(16)25(34)27-15-6-7-17-14(10-15)12-29(24(17)33)21-8-9-22(31)28-23(21)32/h3-7,10,16,21H,2,8-9,11-13H2,1H3,(H,27,34)(H,28,31,32). The molecule has 0 bridgehead atoms. The first-order valence-electron chi connectivity index (χ1n) is 11.6. The number of carbonyl (C=O) groups is 4. The van der Waals surface area contributed by atoms with E-state index in [4.69, 9.17) is 4.74 Å². The van der Waals surface area contributed by atoms with E-state index in [1.54, 1.807) is 30.3 Å². The smallest absolute Gasteiger partial charge is 0.326 e. The van der Waals surface area contributed by atoms with Gasteiger partial charge in [0.25, 0.3) is 5.91 Å².